The molecular weight excluding hydrogens is 284 g/mol. The number of rotatable bonds is 7. The molecule has 1 fully saturated rings. The van der Waals surface area contributed by atoms with E-state index >= 15 is 0 Å². The lowest BCUT2D eigenvalue weighted by atomic mass is 9.89. The highest BCUT2D eigenvalue weighted by Crippen LogP contribution is 2.25. The molecule has 1 heterocycles. The van der Waals surface area contributed by atoms with Crippen LogP contribution < -0.4 is 0 Å². The fraction of sp³-hybridized carbons (Fsp3) is 0.625. The van der Waals surface area contributed by atoms with Crippen molar-refractivity contribution in [1.29, 1.82) is 0 Å². The first-order valence-corrected chi connectivity index (χ1v) is 8.46. The molecule has 1 aliphatic carbocycles. The van der Waals surface area contributed by atoms with Crippen LogP contribution in [0.1, 0.15) is 47.6 Å². The van der Waals surface area contributed by atoms with Crippen molar-refractivity contribution in [3.63, 3.8) is 0 Å². The number of carbonyl (C=O) groups excluding carboxylic acids is 1. The van der Waals surface area contributed by atoms with Crippen molar-refractivity contribution >= 4 is 17.2 Å². The highest BCUT2D eigenvalue weighted by atomic mass is 32.1. The molecule has 1 aromatic heterocycles. The Balaban J connectivity index is 2.01. The molecule has 21 heavy (non-hydrogen) atoms. The summed E-state index contributed by atoms with van der Waals surface area (Å²) in [7, 11) is 1.63. The van der Waals surface area contributed by atoms with Crippen molar-refractivity contribution in [2.45, 2.75) is 38.7 Å². The first-order chi connectivity index (χ1) is 10.2. The van der Waals surface area contributed by atoms with Crippen molar-refractivity contribution in [3.8, 4) is 0 Å². The van der Waals surface area contributed by atoms with Crippen LogP contribution in [0.15, 0.2) is 18.0 Å². The van der Waals surface area contributed by atoms with E-state index in [-0.39, 0.29) is 5.91 Å². The molecule has 4 nitrogen and oxygen atoms in total. The first kappa shape index (κ1) is 16.2. The summed E-state index contributed by atoms with van der Waals surface area (Å²) in [4.78, 5) is 18.9. The summed E-state index contributed by atoms with van der Waals surface area (Å²) in [5, 5.41) is 2.67. The van der Waals surface area contributed by atoms with Crippen LogP contribution in [-0.4, -0.2) is 36.0 Å². The van der Waals surface area contributed by atoms with Gasteiger partial charge in [-0.2, -0.15) is 0 Å². The van der Waals surface area contributed by atoms with Gasteiger partial charge in [0.25, 0.3) is 5.91 Å². The summed E-state index contributed by atoms with van der Waals surface area (Å²) in [5.41, 5.74) is 0.532. The summed E-state index contributed by atoms with van der Waals surface area (Å²) in [5.74, 6) is 0.638. The van der Waals surface area contributed by atoms with Crippen LogP contribution in [0.5, 0.6) is 0 Å². The van der Waals surface area contributed by atoms with Gasteiger partial charge in [0.2, 0.25) is 0 Å². The number of hydrogen-bond donors (Lipinski definition) is 0. The number of methoxy groups -OCH3 is 1. The molecule has 1 saturated carbocycles. The van der Waals surface area contributed by atoms with E-state index in [9.17, 15) is 4.79 Å². The summed E-state index contributed by atoms with van der Waals surface area (Å²) in [6, 6.07) is 0. The van der Waals surface area contributed by atoms with Crippen molar-refractivity contribution < 1.29 is 9.53 Å². The molecule has 0 spiro atoms. The average Bonchev–Trinajstić information content (AvgIpc) is 2.96. The number of ether oxygens (including phenoxy) is 1. The van der Waals surface area contributed by atoms with Gasteiger partial charge in [-0.15, -0.1) is 17.9 Å². The molecule has 2 rings (SSSR count). The number of hydrogen-bond acceptors (Lipinski definition) is 4. The predicted molar refractivity (Wildman–Crippen MR) is 85.5 cm³/mol. The molecule has 1 aliphatic rings. The highest BCUT2D eigenvalue weighted by molar-refractivity contribution is 7.09. The minimum absolute atomic E-state index is 0.0130. The second kappa shape index (κ2) is 8.29. The van der Waals surface area contributed by atoms with Crippen molar-refractivity contribution in [3.05, 3.63) is 28.7 Å². The molecule has 5 heteroatoms. The topological polar surface area (TPSA) is 42.4 Å². The van der Waals surface area contributed by atoms with Gasteiger partial charge in [0.05, 0.1) is 6.61 Å². The molecule has 116 valence electrons. The monoisotopic (exact) mass is 308 g/mol. The summed E-state index contributed by atoms with van der Waals surface area (Å²) < 4.78 is 5.06. The fourth-order valence-corrected chi connectivity index (χ4v) is 3.58. The minimum atomic E-state index is 0.0130. The number of amides is 1. The van der Waals surface area contributed by atoms with Crippen LogP contribution in [0, 0.1) is 5.92 Å². The van der Waals surface area contributed by atoms with Gasteiger partial charge in [-0.25, -0.2) is 4.98 Å². The van der Waals surface area contributed by atoms with Gasteiger partial charge < -0.3 is 9.64 Å². The normalized spacial score (nSPS) is 15.9. The van der Waals surface area contributed by atoms with Gasteiger partial charge >= 0.3 is 0 Å². The third kappa shape index (κ3) is 4.64. The molecule has 1 amide bonds. The SMILES string of the molecule is C=CCN(CC1CCCCC1)C(=O)c1csc(COC)n1. The zero-order chi connectivity index (χ0) is 15.1. The smallest absolute Gasteiger partial charge is 0.273 e. The lowest BCUT2D eigenvalue weighted by Gasteiger charge is -2.28. The van der Waals surface area contributed by atoms with Crippen LogP contribution in [0.2, 0.25) is 0 Å². The maximum atomic E-state index is 12.6. The van der Waals surface area contributed by atoms with Crippen molar-refractivity contribution in [1.82, 2.24) is 9.88 Å². The molecular formula is C16H24N2O2S. The van der Waals surface area contributed by atoms with Crippen LogP contribution >= 0.6 is 11.3 Å². The molecule has 0 bridgehead atoms. The van der Waals surface area contributed by atoms with E-state index in [1.165, 1.54) is 43.4 Å². The van der Waals surface area contributed by atoms with Crippen LogP contribution in [-0.2, 0) is 11.3 Å². The van der Waals surface area contributed by atoms with Gasteiger partial charge in [-0.05, 0) is 18.8 Å². The molecule has 0 aliphatic heterocycles. The van der Waals surface area contributed by atoms with E-state index in [1.54, 1.807) is 13.2 Å². The zero-order valence-electron chi connectivity index (χ0n) is 12.7. The Morgan fingerprint density at radius 1 is 1.52 bits per heavy atom. The van der Waals surface area contributed by atoms with Gasteiger partial charge in [-0.1, -0.05) is 25.3 Å². The standard InChI is InChI=1S/C16H24N2O2S/c1-3-9-18(10-13-7-5-4-6-8-13)16(19)14-12-21-15(17-14)11-20-2/h3,12-13H,1,4-11H2,2H3. The summed E-state index contributed by atoms with van der Waals surface area (Å²) in [6.45, 7) is 5.64. The lowest BCUT2D eigenvalue weighted by Crippen LogP contribution is -2.36. The van der Waals surface area contributed by atoms with Gasteiger partial charge in [0.1, 0.15) is 10.7 Å². The summed E-state index contributed by atoms with van der Waals surface area (Å²) >= 11 is 1.47. The Morgan fingerprint density at radius 2 is 2.29 bits per heavy atom. The van der Waals surface area contributed by atoms with Crippen LogP contribution in [0.3, 0.4) is 0 Å². The molecule has 0 radical (unpaired) electrons. The second-order valence-electron chi connectivity index (χ2n) is 5.56. The molecule has 1 aromatic rings. The third-order valence-corrected chi connectivity index (χ3v) is 4.70. The maximum Gasteiger partial charge on any atom is 0.273 e. The van der Waals surface area contributed by atoms with Crippen LogP contribution in [0.25, 0.3) is 0 Å². The Labute approximate surface area is 130 Å². The fourth-order valence-electron chi connectivity index (χ4n) is 2.84. The van der Waals surface area contributed by atoms with E-state index in [0.29, 0.717) is 24.8 Å². The number of carbonyl (C=O) groups is 1. The van der Waals surface area contributed by atoms with Crippen molar-refractivity contribution in [2.24, 2.45) is 5.92 Å². The van der Waals surface area contributed by atoms with Gasteiger partial charge in [-0.3, -0.25) is 4.79 Å². The molecule has 0 atom stereocenters. The van der Waals surface area contributed by atoms with E-state index in [4.69, 9.17) is 4.74 Å². The Kier molecular flexibility index (Phi) is 6.39. The quantitative estimate of drug-likeness (QED) is 0.724. The molecule has 0 aromatic carbocycles. The van der Waals surface area contributed by atoms with E-state index < -0.39 is 0 Å². The minimum Gasteiger partial charge on any atom is -0.378 e. The second-order valence-corrected chi connectivity index (χ2v) is 6.50. The van der Waals surface area contributed by atoms with Crippen LogP contribution in [0.4, 0.5) is 0 Å². The molecule has 0 unspecified atom stereocenters. The average molecular weight is 308 g/mol. The van der Waals surface area contributed by atoms with E-state index in [1.807, 2.05) is 10.3 Å². The number of nitrogens with zero attached hydrogens (tertiary/aromatic N) is 2. The van der Waals surface area contributed by atoms with Gasteiger partial charge in [0.15, 0.2) is 0 Å². The first-order valence-electron chi connectivity index (χ1n) is 7.58. The highest BCUT2D eigenvalue weighted by Gasteiger charge is 2.22. The largest absolute Gasteiger partial charge is 0.378 e. The van der Waals surface area contributed by atoms with Crippen molar-refractivity contribution in [2.75, 3.05) is 20.2 Å². The van der Waals surface area contributed by atoms with E-state index in [2.05, 4.69) is 11.6 Å². The number of thiazole rings is 1. The lowest BCUT2D eigenvalue weighted by molar-refractivity contribution is 0.0730. The third-order valence-electron chi connectivity index (χ3n) is 3.88. The predicted octanol–water partition coefficient (Wildman–Crippen LogP) is 3.50. The Hall–Kier alpha value is -1.20. The zero-order valence-corrected chi connectivity index (χ0v) is 13.5. The Bertz CT molecular complexity index is 467. The number of aromatic nitrogens is 1. The van der Waals surface area contributed by atoms with Gasteiger partial charge in [0, 0.05) is 25.6 Å². The van der Waals surface area contributed by atoms with E-state index in [0.717, 1.165) is 11.6 Å². The molecule has 0 N–H and O–H groups in total. The maximum absolute atomic E-state index is 12.6. The Morgan fingerprint density at radius 3 is 2.95 bits per heavy atom. The summed E-state index contributed by atoms with van der Waals surface area (Å²) in [6.07, 6.45) is 8.16. The molecule has 0 saturated heterocycles.